The van der Waals surface area contributed by atoms with Gasteiger partial charge in [-0.25, -0.2) is 0 Å². The number of piperidine rings is 1. The fraction of sp³-hybridized carbons (Fsp3) is 0.533. The van der Waals surface area contributed by atoms with E-state index in [4.69, 9.17) is 16.7 Å². The van der Waals surface area contributed by atoms with E-state index in [0.717, 1.165) is 37.9 Å². The van der Waals surface area contributed by atoms with Crippen LogP contribution in [0.5, 0.6) is 0 Å². The zero-order valence-corrected chi connectivity index (χ0v) is 12.0. The molecule has 1 atom stereocenters. The molecule has 1 heterocycles. The third kappa shape index (κ3) is 3.28. The first-order valence-corrected chi connectivity index (χ1v) is 7.16. The number of aliphatic hydroxyl groups excluding tert-OH is 1. The Balaban J connectivity index is 2.12. The van der Waals surface area contributed by atoms with Crippen LogP contribution in [0.3, 0.4) is 0 Å². The molecule has 19 heavy (non-hydrogen) atoms. The van der Waals surface area contributed by atoms with Gasteiger partial charge in [-0.15, -0.1) is 0 Å². The van der Waals surface area contributed by atoms with Crippen LogP contribution in [0.25, 0.3) is 0 Å². The van der Waals surface area contributed by atoms with E-state index in [1.807, 2.05) is 24.0 Å². The number of halogens is 1. The number of benzene rings is 1. The molecule has 1 N–H and O–H groups in total. The molecule has 3 nitrogen and oxygen atoms in total. The number of hydrogen-bond acceptors (Lipinski definition) is 2. The first-order valence-electron chi connectivity index (χ1n) is 6.78. The Morgan fingerprint density at radius 3 is 3.05 bits per heavy atom. The van der Waals surface area contributed by atoms with Crippen molar-refractivity contribution in [2.45, 2.75) is 26.2 Å². The van der Waals surface area contributed by atoms with Crippen LogP contribution in [-0.2, 0) is 0 Å². The first kappa shape index (κ1) is 14.4. The molecule has 1 amide bonds. The van der Waals surface area contributed by atoms with Crippen molar-refractivity contribution >= 4 is 17.5 Å². The highest BCUT2D eigenvalue weighted by molar-refractivity contribution is 6.34. The van der Waals surface area contributed by atoms with Gasteiger partial charge >= 0.3 is 0 Å². The summed E-state index contributed by atoms with van der Waals surface area (Å²) in [5.41, 5.74) is 1.52. The van der Waals surface area contributed by atoms with E-state index in [-0.39, 0.29) is 12.5 Å². The minimum Gasteiger partial charge on any atom is -0.396 e. The summed E-state index contributed by atoms with van der Waals surface area (Å²) in [7, 11) is 0. The number of rotatable bonds is 3. The lowest BCUT2D eigenvalue weighted by Crippen LogP contribution is -2.40. The maximum absolute atomic E-state index is 12.5. The van der Waals surface area contributed by atoms with Gasteiger partial charge in [0.1, 0.15) is 0 Å². The average Bonchev–Trinajstić information content (AvgIpc) is 2.42. The van der Waals surface area contributed by atoms with Crippen molar-refractivity contribution in [1.29, 1.82) is 0 Å². The van der Waals surface area contributed by atoms with Crippen LogP contribution < -0.4 is 0 Å². The predicted molar refractivity (Wildman–Crippen MR) is 76.5 cm³/mol. The summed E-state index contributed by atoms with van der Waals surface area (Å²) >= 11 is 6.22. The van der Waals surface area contributed by atoms with Crippen molar-refractivity contribution in [1.82, 2.24) is 4.90 Å². The van der Waals surface area contributed by atoms with Crippen molar-refractivity contribution in [3.8, 4) is 0 Å². The molecule has 0 bridgehead atoms. The summed E-state index contributed by atoms with van der Waals surface area (Å²) in [4.78, 5) is 14.4. The molecule has 1 saturated heterocycles. The molecule has 0 spiro atoms. The molecule has 1 aromatic carbocycles. The van der Waals surface area contributed by atoms with E-state index >= 15 is 0 Å². The number of aliphatic hydroxyl groups is 1. The molecule has 1 aromatic rings. The second-order valence-corrected chi connectivity index (χ2v) is 5.59. The average molecular weight is 282 g/mol. The SMILES string of the molecule is Cc1cccc(C(=O)N2CCCC(CCO)C2)c1Cl. The standard InChI is InChI=1S/C15H20ClNO2/c1-11-4-2-6-13(14(11)16)15(19)17-8-3-5-12(10-17)7-9-18/h2,4,6,12,18H,3,5,7-10H2,1H3. The monoisotopic (exact) mass is 281 g/mol. The Morgan fingerprint density at radius 2 is 2.32 bits per heavy atom. The second-order valence-electron chi connectivity index (χ2n) is 5.21. The number of aryl methyl sites for hydroxylation is 1. The van der Waals surface area contributed by atoms with E-state index in [0.29, 0.717) is 16.5 Å². The zero-order valence-electron chi connectivity index (χ0n) is 11.2. The Kier molecular flexibility index (Phi) is 4.83. The number of amides is 1. The van der Waals surface area contributed by atoms with Gasteiger partial charge in [0, 0.05) is 19.7 Å². The molecule has 0 radical (unpaired) electrons. The summed E-state index contributed by atoms with van der Waals surface area (Å²) in [6.07, 6.45) is 2.86. The van der Waals surface area contributed by atoms with Gasteiger partial charge < -0.3 is 10.0 Å². The molecule has 1 aliphatic heterocycles. The maximum atomic E-state index is 12.5. The minimum absolute atomic E-state index is 0.0105. The topological polar surface area (TPSA) is 40.5 Å². The quantitative estimate of drug-likeness (QED) is 0.925. The third-order valence-electron chi connectivity index (χ3n) is 3.77. The van der Waals surface area contributed by atoms with Gasteiger partial charge in [0.15, 0.2) is 0 Å². The number of hydrogen-bond donors (Lipinski definition) is 1. The molecule has 4 heteroatoms. The Hall–Kier alpha value is -1.06. The summed E-state index contributed by atoms with van der Waals surface area (Å²) < 4.78 is 0. The molecule has 1 unspecified atom stereocenters. The Morgan fingerprint density at radius 1 is 1.53 bits per heavy atom. The first-order chi connectivity index (χ1) is 9.13. The van der Waals surface area contributed by atoms with Crippen molar-refractivity contribution in [3.63, 3.8) is 0 Å². The lowest BCUT2D eigenvalue weighted by molar-refractivity contribution is 0.0653. The maximum Gasteiger partial charge on any atom is 0.255 e. The molecule has 104 valence electrons. The molecular weight excluding hydrogens is 262 g/mol. The Bertz CT molecular complexity index is 459. The van der Waals surface area contributed by atoms with Crippen LogP contribution in [0.1, 0.15) is 35.2 Å². The van der Waals surface area contributed by atoms with Gasteiger partial charge in [0.05, 0.1) is 10.6 Å². The molecule has 0 aliphatic carbocycles. The van der Waals surface area contributed by atoms with Gasteiger partial charge in [-0.05, 0) is 43.7 Å². The van der Waals surface area contributed by atoms with Crippen molar-refractivity contribution in [2.75, 3.05) is 19.7 Å². The van der Waals surface area contributed by atoms with Gasteiger partial charge in [0.2, 0.25) is 0 Å². The third-order valence-corrected chi connectivity index (χ3v) is 4.27. The summed E-state index contributed by atoms with van der Waals surface area (Å²) in [5.74, 6) is 0.419. The fourth-order valence-electron chi connectivity index (χ4n) is 2.65. The van der Waals surface area contributed by atoms with E-state index in [1.54, 1.807) is 6.07 Å². The largest absolute Gasteiger partial charge is 0.396 e. The minimum atomic E-state index is 0.0105. The van der Waals surface area contributed by atoms with Crippen LogP contribution in [-0.4, -0.2) is 35.6 Å². The van der Waals surface area contributed by atoms with Crippen LogP contribution in [0.2, 0.25) is 5.02 Å². The van der Waals surface area contributed by atoms with E-state index in [2.05, 4.69) is 0 Å². The van der Waals surface area contributed by atoms with Crippen LogP contribution in [0, 0.1) is 12.8 Å². The highest BCUT2D eigenvalue weighted by Crippen LogP contribution is 2.25. The van der Waals surface area contributed by atoms with E-state index in [9.17, 15) is 4.79 Å². The molecule has 1 aliphatic rings. The number of likely N-dealkylation sites (tertiary alicyclic amines) is 1. The Labute approximate surface area is 119 Å². The molecule has 0 saturated carbocycles. The van der Waals surface area contributed by atoms with Crippen LogP contribution in [0.4, 0.5) is 0 Å². The fourth-order valence-corrected chi connectivity index (χ4v) is 2.86. The zero-order chi connectivity index (χ0) is 13.8. The van der Waals surface area contributed by atoms with E-state index in [1.165, 1.54) is 0 Å². The van der Waals surface area contributed by atoms with E-state index < -0.39 is 0 Å². The van der Waals surface area contributed by atoms with Gasteiger partial charge in [-0.2, -0.15) is 0 Å². The van der Waals surface area contributed by atoms with Crippen molar-refractivity contribution < 1.29 is 9.90 Å². The number of carbonyl (C=O) groups is 1. The lowest BCUT2D eigenvalue weighted by atomic mass is 9.94. The van der Waals surface area contributed by atoms with Crippen LogP contribution in [0.15, 0.2) is 18.2 Å². The normalized spacial score (nSPS) is 19.5. The number of nitrogens with zero attached hydrogens (tertiary/aromatic N) is 1. The van der Waals surface area contributed by atoms with Gasteiger partial charge in [0.25, 0.3) is 5.91 Å². The predicted octanol–water partition coefficient (Wildman–Crippen LogP) is 2.88. The highest BCUT2D eigenvalue weighted by atomic mass is 35.5. The number of carbonyl (C=O) groups excluding carboxylic acids is 1. The summed E-state index contributed by atoms with van der Waals surface area (Å²) in [6.45, 7) is 3.61. The smallest absolute Gasteiger partial charge is 0.255 e. The molecule has 1 fully saturated rings. The second kappa shape index (κ2) is 6.40. The van der Waals surface area contributed by atoms with Crippen LogP contribution >= 0.6 is 11.6 Å². The van der Waals surface area contributed by atoms with Gasteiger partial charge in [-0.3, -0.25) is 4.79 Å². The van der Waals surface area contributed by atoms with Crippen molar-refractivity contribution in [3.05, 3.63) is 34.3 Å². The van der Waals surface area contributed by atoms with Gasteiger partial charge in [-0.1, -0.05) is 23.7 Å². The summed E-state index contributed by atoms with van der Waals surface area (Å²) in [6, 6.07) is 5.56. The van der Waals surface area contributed by atoms with Crippen molar-refractivity contribution in [2.24, 2.45) is 5.92 Å². The highest BCUT2D eigenvalue weighted by Gasteiger charge is 2.25. The molecular formula is C15H20ClNO2. The summed E-state index contributed by atoms with van der Waals surface area (Å²) in [5, 5.41) is 9.57. The molecule has 0 aromatic heterocycles. The lowest BCUT2D eigenvalue weighted by Gasteiger charge is -2.32. The molecule has 2 rings (SSSR count).